The zero-order valence-electron chi connectivity index (χ0n) is 16.7. The van der Waals surface area contributed by atoms with E-state index in [0.717, 1.165) is 22.3 Å². The minimum atomic E-state index is -1.59. The first-order valence-electron chi connectivity index (χ1n) is 10.2. The van der Waals surface area contributed by atoms with Crippen molar-refractivity contribution in [1.82, 2.24) is 5.32 Å². The number of nitrogens with one attached hydrogen (secondary N) is 1. The van der Waals surface area contributed by atoms with Crippen LogP contribution in [0.15, 0.2) is 72.8 Å². The van der Waals surface area contributed by atoms with Crippen LogP contribution in [0.5, 0.6) is 5.75 Å². The van der Waals surface area contributed by atoms with Crippen molar-refractivity contribution in [2.45, 2.75) is 17.9 Å². The van der Waals surface area contributed by atoms with E-state index in [0.29, 0.717) is 11.3 Å². The van der Waals surface area contributed by atoms with Gasteiger partial charge in [-0.2, -0.15) is 0 Å². The summed E-state index contributed by atoms with van der Waals surface area (Å²) in [4.78, 5) is 25.0. The van der Waals surface area contributed by atoms with Crippen LogP contribution in [0.25, 0.3) is 11.1 Å². The summed E-state index contributed by atoms with van der Waals surface area (Å²) in [7, 11) is 0. The zero-order chi connectivity index (χ0) is 21.4. The van der Waals surface area contributed by atoms with Gasteiger partial charge in [-0.25, -0.2) is 9.59 Å². The Bertz CT molecular complexity index is 1130. The maximum absolute atomic E-state index is 12.8. The number of alkyl carbamates (subject to hydrolysis) is 1. The lowest BCUT2D eigenvalue weighted by Crippen LogP contribution is -2.54. The smallest absolute Gasteiger partial charge is 0.408 e. The number of carboxylic acids is 1. The van der Waals surface area contributed by atoms with E-state index in [2.05, 4.69) is 17.4 Å². The molecular formula is C25H21NO5. The van der Waals surface area contributed by atoms with Crippen molar-refractivity contribution in [3.63, 3.8) is 0 Å². The second-order valence-electron chi connectivity index (χ2n) is 7.76. The number of carboxylic acid groups (broad SMARTS) is 1. The number of fused-ring (bicyclic) bond motifs is 4. The van der Waals surface area contributed by atoms with Crippen LogP contribution in [-0.2, 0) is 15.1 Å². The quantitative estimate of drug-likeness (QED) is 0.664. The molecule has 1 amide bonds. The summed E-state index contributed by atoms with van der Waals surface area (Å²) in [5.74, 6) is -0.784. The Kier molecular flexibility index (Phi) is 4.62. The molecule has 0 saturated carbocycles. The number of para-hydroxylation sites is 1. The third-order valence-electron chi connectivity index (χ3n) is 6.11. The number of hydrogen-bond donors (Lipinski definition) is 2. The summed E-state index contributed by atoms with van der Waals surface area (Å²) in [5, 5.41) is 12.6. The summed E-state index contributed by atoms with van der Waals surface area (Å²) in [6.07, 6.45) is -0.648. The lowest BCUT2D eigenvalue weighted by molar-refractivity contribution is -0.146. The van der Waals surface area contributed by atoms with Gasteiger partial charge in [0.1, 0.15) is 12.4 Å². The third kappa shape index (κ3) is 3.11. The number of carbonyl (C=O) groups is 2. The standard InChI is InChI=1S/C25H21NO5/c27-23(28)25(13-14-30-22-12-6-5-11-21(22)25)26-24(29)31-15-20-18-9-3-1-7-16(18)17-8-2-4-10-19(17)20/h1-12,20H,13-15H2,(H,26,29)(H,27,28). The number of benzene rings is 3. The van der Waals surface area contributed by atoms with Crippen molar-refractivity contribution in [2.24, 2.45) is 0 Å². The topological polar surface area (TPSA) is 84.9 Å². The molecule has 3 aromatic carbocycles. The molecule has 5 rings (SSSR count). The van der Waals surface area contributed by atoms with Crippen molar-refractivity contribution in [3.05, 3.63) is 89.5 Å². The Morgan fingerprint density at radius 2 is 1.58 bits per heavy atom. The maximum atomic E-state index is 12.8. The molecule has 0 fully saturated rings. The van der Waals surface area contributed by atoms with Crippen LogP contribution in [-0.4, -0.2) is 30.4 Å². The summed E-state index contributed by atoms with van der Waals surface area (Å²) < 4.78 is 11.2. The molecule has 6 nitrogen and oxygen atoms in total. The highest BCUT2D eigenvalue weighted by molar-refractivity contribution is 5.87. The SMILES string of the molecule is O=C(NC1(C(=O)O)CCOc2ccccc21)OCC1c2ccccc2-c2ccccc21. The molecule has 31 heavy (non-hydrogen) atoms. The molecule has 0 saturated heterocycles. The van der Waals surface area contributed by atoms with Crippen LogP contribution >= 0.6 is 0 Å². The van der Waals surface area contributed by atoms with Crippen LogP contribution in [0.1, 0.15) is 29.0 Å². The van der Waals surface area contributed by atoms with Crippen LogP contribution < -0.4 is 10.1 Å². The minimum Gasteiger partial charge on any atom is -0.493 e. The Morgan fingerprint density at radius 1 is 0.968 bits per heavy atom. The van der Waals surface area contributed by atoms with Gasteiger partial charge in [-0.3, -0.25) is 0 Å². The van der Waals surface area contributed by atoms with Gasteiger partial charge in [0.05, 0.1) is 6.61 Å². The van der Waals surface area contributed by atoms with Gasteiger partial charge in [-0.1, -0.05) is 66.7 Å². The van der Waals surface area contributed by atoms with Gasteiger partial charge in [0.25, 0.3) is 0 Å². The first-order valence-corrected chi connectivity index (χ1v) is 10.2. The molecule has 0 aromatic heterocycles. The molecule has 1 unspecified atom stereocenters. The number of rotatable bonds is 4. The predicted molar refractivity (Wildman–Crippen MR) is 114 cm³/mol. The van der Waals surface area contributed by atoms with Gasteiger partial charge in [0, 0.05) is 17.9 Å². The summed E-state index contributed by atoms with van der Waals surface area (Å²) in [6.45, 7) is 0.306. The highest BCUT2D eigenvalue weighted by Crippen LogP contribution is 2.44. The Balaban J connectivity index is 1.38. The molecule has 6 heteroatoms. The molecule has 2 aliphatic rings. The van der Waals surface area contributed by atoms with Crippen LogP contribution in [0, 0.1) is 0 Å². The summed E-state index contributed by atoms with van der Waals surface area (Å²) in [5.41, 5.74) is 3.29. The van der Waals surface area contributed by atoms with Crippen molar-refractivity contribution in [3.8, 4) is 16.9 Å². The van der Waals surface area contributed by atoms with Crippen molar-refractivity contribution >= 4 is 12.1 Å². The minimum absolute atomic E-state index is 0.0964. The highest BCUT2D eigenvalue weighted by Gasteiger charge is 2.46. The normalized spacial score (nSPS) is 18.8. The van der Waals surface area contributed by atoms with E-state index < -0.39 is 17.6 Å². The van der Waals surface area contributed by atoms with Crippen molar-refractivity contribution in [2.75, 3.05) is 13.2 Å². The fraction of sp³-hybridized carbons (Fsp3) is 0.200. The van der Waals surface area contributed by atoms with Gasteiger partial charge in [0.2, 0.25) is 0 Å². The number of hydrogen-bond acceptors (Lipinski definition) is 4. The maximum Gasteiger partial charge on any atom is 0.408 e. The number of ether oxygens (including phenoxy) is 2. The number of amides is 1. The van der Waals surface area contributed by atoms with Gasteiger partial charge in [0.15, 0.2) is 5.54 Å². The Hall–Kier alpha value is -3.80. The Morgan fingerprint density at radius 3 is 2.26 bits per heavy atom. The van der Waals surface area contributed by atoms with Gasteiger partial charge in [-0.05, 0) is 28.3 Å². The predicted octanol–water partition coefficient (Wildman–Crippen LogP) is 4.29. The van der Waals surface area contributed by atoms with Crippen LogP contribution in [0.3, 0.4) is 0 Å². The second kappa shape index (κ2) is 7.47. The molecule has 1 heterocycles. The first-order chi connectivity index (χ1) is 15.1. The van der Waals surface area contributed by atoms with E-state index in [9.17, 15) is 14.7 Å². The van der Waals surface area contributed by atoms with Gasteiger partial charge < -0.3 is 19.9 Å². The van der Waals surface area contributed by atoms with Crippen LogP contribution in [0.2, 0.25) is 0 Å². The molecule has 0 radical (unpaired) electrons. The van der Waals surface area contributed by atoms with Gasteiger partial charge in [-0.15, -0.1) is 0 Å². The lowest BCUT2D eigenvalue weighted by atomic mass is 9.84. The highest BCUT2D eigenvalue weighted by atomic mass is 16.5. The third-order valence-corrected chi connectivity index (χ3v) is 6.11. The average molecular weight is 415 g/mol. The Labute approximate surface area is 179 Å². The lowest BCUT2D eigenvalue weighted by Gasteiger charge is -2.35. The molecule has 1 aliphatic carbocycles. The first kappa shape index (κ1) is 19.2. The number of carbonyl (C=O) groups excluding carboxylic acids is 1. The largest absolute Gasteiger partial charge is 0.493 e. The zero-order valence-corrected chi connectivity index (χ0v) is 16.7. The molecule has 1 aliphatic heterocycles. The fourth-order valence-corrected chi connectivity index (χ4v) is 4.61. The van der Waals surface area contributed by atoms with E-state index in [4.69, 9.17) is 9.47 Å². The molecule has 0 spiro atoms. The summed E-state index contributed by atoms with van der Waals surface area (Å²) in [6, 6.07) is 23.0. The molecule has 1 atom stereocenters. The van der Waals surface area contributed by atoms with E-state index in [-0.39, 0.29) is 25.6 Å². The fourth-order valence-electron chi connectivity index (χ4n) is 4.61. The number of aliphatic carboxylic acids is 1. The average Bonchev–Trinajstić information content (AvgIpc) is 3.11. The van der Waals surface area contributed by atoms with Crippen molar-refractivity contribution < 1.29 is 24.2 Å². The van der Waals surface area contributed by atoms with Crippen LogP contribution in [0.4, 0.5) is 4.79 Å². The molecule has 0 bridgehead atoms. The molecule has 156 valence electrons. The summed E-state index contributed by atoms with van der Waals surface area (Å²) >= 11 is 0. The van der Waals surface area contributed by atoms with Gasteiger partial charge >= 0.3 is 12.1 Å². The molecular weight excluding hydrogens is 394 g/mol. The van der Waals surface area contributed by atoms with E-state index in [1.54, 1.807) is 24.3 Å². The monoisotopic (exact) mass is 415 g/mol. The molecule has 3 aromatic rings. The molecule has 2 N–H and O–H groups in total. The van der Waals surface area contributed by atoms with E-state index in [1.165, 1.54) is 0 Å². The second-order valence-corrected chi connectivity index (χ2v) is 7.76. The van der Waals surface area contributed by atoms with Crippen molar-refractivity contribution in [1.29, 1.82) is 0 Å². The van der Waals surface area contributed by atoms with E-state index in [1.807, 2.05) is 36.4 Å². The van der Waals surface area contributed by atoms with E-state index >= 15 is 0 Å².